The van der Waals surface area contributed by atoms with Crippen LogP contribution in [0.2, 0.25) is 0 Å². The normalized spacial score (nSPS) is 21.8. The fourth-order valence-corrected chi connectivity index (χ4v) is 3.44. The number of likely N-dealkylation sites (N-methyl/N-ethyl adjacent to an activating group) is 1. The Morgan fingerprint density at radius 2 is 2.17 bits per heavy atom. The van der Waals surface area contributed by atoms with Crippen molar-refractivity contribution in [1.29, 1.82) is 0 Å². The predicted octanol–water partition coefficient (Wildman–Crippen LogP) is 1.91. The van der Waals surface area contributed by atoms with E-state index < -0.39 is 0 Å². The molecule has 1 atom stereocenters. The first kappa shape index (κ1) is 16.7. The number of nitrogens with one attached hydrogen (secondary N) is 1. The summed E-state index contributed by atoms with van der Waals surface area (Å²) < 4.78 is 0. The summed E-state index contributed by atoms with van der Waals surface area (Å²) in [6.45, 7) is 7.16. The molecule has 2 amide bonds. The SMILES string of the molecule is CC(=O)N(C)[C@H]1CCN(C(=O)c2cnc3c(c2)CCC(C)(C)N3)C1. The van der Waals surface area contributed by atoms with Crippen molar-refractivity contribution in [3.05, 3.63) is 23.4 Å². The molecule has 0 radical (unpaired) electrons. The summed E-state index contributed by atoms with van der Waals surface area (Å²) in [5, 5.41) is 3.43. The molecular weight excluding hydrogens is 304 g/mol. The first-order valence-electron chi connectivity index (χ1n) is 8.56. The van der Waals surface area contributed by atoms with Gasteiger partial charge < -0.3 is 15.1 Å². The van der Waals surface area contributed by atoms with Gasteiger partial charge in [-0.15, -0.1) is 0 Å². The molecule has 1 fully saturated rings. The van der Waals surface area contributed by atoms with Crippen molar-refractivity contribution in [2.24, 2.45) is 0 Å². The highest BCUT2D eigenvalue weighted by molar-refractivity contribution is 5.94. The Morgan fingerprint density at radius 1 is 1.42 bits per heavy atom. The number of anilines is 1. The summed E-state index contributed by atoms with van der Waals surface area (Å²) in [6, 6.07) is 2.08. The fourth-order valence-electron chi connectivity index (χ4n) is 3.44. The van der Waals surface area contributed by atoms with Crippen LogP contribution in [0.25, 0.3) is 0 Å². The number of aryl methyl sites for hydroxylation is 1. The Hall–Kier alpha value is -2.11. The largest absolute Gasteiger partial charge is 0.365 e. The van der Waals surface area contributed by atoms with Gasteiger partial charge in [0.1, 0.15) is 5.82 Å². The zero-order valence-electron chi connectivity index (χ0n) is 14.9. The monoisotopic (exact) mass is 330 g/mol. The minimum atomic E-state index is 0.00888. The van der Waals surface area contributed by atoms with Gasteiger partial charge in [0, 0.05) is 38.8 Å². The molecule has 0 saturated carbocycles. The van der Waals surface area contributed by atoms with Crippen LogP contribution in [0.1, 0.15) is 49.5 Å². The molecule has 1 aromatic rings. The van der Waals surface area contributed by atoms with E-state index in [-0.39, 0.29) is 23.4 Å². The molecule has 0 spiro atoms. The summed E-state index contributed by atoms with van der Waals surface area (Å²) in [5.74, 6) is 0.937. The van der Waals surface area contributed by atoms with Gasteiger partial charge >= 0.3 is 0 Å². The van der Waals surface area contributed by atoms with E-state index in [0.717, 1.165) is 30.6 Å². The summed E-state index contributed by atoms with van der Waals surface area (Å²) in [7, 11) is 1.80. The number of hydrogen-bond acceptors (Lipinski definition) is 4. The van der Waals surface area contributed by atoms with E-state index in [1.165, 1.54) is 0 Å². The molecule has 2 aliphatic heterocycles. The van der Waals surface area contributed by atoms with Crippen LogP contribution in [-0.2, 0) is 11.2 Å². The molecule has 0 aromatic carbocycles. The number of fused-ring (bicyclic) bond motifs is 1. The Bertz CT molecular complexity index is 671. The van der Waals surface area contributed by atoms with E-state index in [4.69, 9.17) is 0 Å². The number of pyridine rings is 1. The number of rotatable bonds is 2. The lowest BCUT2D eigenvalue weighted by Gasteiger charge is -2.33. The lowest BCUT2D eigenvalue weighted by molar-refractivity contribution is -0.129. The molecule has 24 heavy (non-hydrogen) atoms. The van der Waals surface area contributed by atoms with E-state index in [1.54, 1.807) is 25.1 Å². The first-order chi connectivity index (χ1) is 11.3. The summed E-state index contributed by atoms with van der Waals surface area (Å²) >= 11 is 0. The maximum Gasteiger partial charge on any atom is 0.255 e. The highest BCUT2D eigenvalue weighted by Gasteiger charge is 2.31. The Morgan fingerprint density at radius 3 is 2.88 bits per heavy atom. The van der Waals surface area contributed by atoms with Crippen molar-refractivity contribution < 1.29 is 9.59 Å². The molecule has 0 bridgehead atoms. The van der Waals surface area contributed by atoms with Gasteiger partial charge in [-0.05, 0) is 44.7 Å². The van der Waals surface area contributed by atoms with Crippen molar-refractivity contribution in [2.45, 2.75) is 51.6 Å². The molecule has 0 aliphatic carbocycles. The summed E-state index contributed by atoms with van der Waals surface area (Å²) in [5.41, 5.74) is 1.79. The Labute approximate surface area is 143 Å². The highest BCUT2D eigenvalue weighted by atomic mass is 16.2. The van der Waals surface area contributed by atoms with E-state index in [1.807, 2.05) is 11.0 Å². The van der Waals surface area contributed by atoms with Gasteiger partial charge in [-0.25, -0.2) is 4.98 Å². The third-order valence-corrected chi connectivity index (χ3v) is 5.18. The number of carbonyl (C=O) groups is 2. The molecule has 3 rings (SSSR count). The topological polar surface area (TPSA) is 65.5 Å². The number of likely N-dealkylation sites (tertiary alicyclic amines) is 1. The minimum Gasteiger partial charge on any atom is -0.365 e. The molecule has 6 heteroatoms. The lowest BCUT2D eigenvalue weighted by atomic mass is 9.91. The maximum atomic E-state index is 12.8. The van der Waals surface area contributed by atoms with E-state index in [9.17, 15) is 9.59 Å². The van der Waals surface area contributed by atoms with Crippen LogP contribution >= 0.6 is 0 Å². The van der Waals surface area contributed by atoms with Crippen LogP contribution in [0.4, 0.5) is 5.82 Å². The number of carbonyl (C=O) groups excluding carboxylic acids is 2. The first-order valence-corrected chi connectivity index (χ1v) is 8.56. The van der Waals surface area contributed by atoms with Crippen molar-refractivity contribution in [1.82, 2.24) is 14.8 Å². The van der Waals surface area contributed by atoms with Crippen LogP contribution in [0.5, 0.6) is 0 Å². The van der Waals surface area contributed by atoms with E-state index in [0.29, 0.717) is 18.7 Å². The Balaban J connectivity index is 1.72. The molecule has 0 unspecified atom stereocenters. The average molecular weight is 330 g/mol. The number of aromatic nitrogens is 1. The second kappa shape index (κ2) is 6.07. The van der Waals surface area contributed by atoms with Crippen LogP contribution in [0.15, 0.2) is 12.3 Å². The quantitative estimate of drug-likeness (QED) is 0.900. The van der Waals surface area contributed by atoms with Crippen LogP contribution in [-0.4, -0.2) is 58.3 Å². The van der Waals surface area contributed by atoms with Crippen LogP contribution in [0.3, 0.4) is 0 Å². The van der Waals surface area contributed by atoms with Gasteiger partial charge in [-0.2, -0.15) is 0 Å². The second-order valence-electron chi connectivity index (χ2n) is 7.56. The fraction of sp³-hybridized carbons (Fsp3) is 0.611. The van der Waals surface area contributed by atoms with Crippen molar-refractivity contribution in [3.63, 3.8) is 0 Å². The van der Waals surface area contributed by atoms with Gasteiger partial charge in [0.25, 0.3) is 5.91 Å². The highest BCUT2D eigenvalue weighted by Crippen LogP contribution is 2.29. The molecule has 1 aromatic heterocycles. The molecule has 3 heterocycles. The minimum absolute atomic E-state index is 0.00888. The van der Waals surface area contributed by atoms with Gasteiger partial charge in [0.2, 0.25) is 5.91 Å². The molecular formula is C18H26N4O2. The number of nitrogens with zero attached hydrogens (tertiary/aromatic N) is 3. The second-order valence-corrected chi connectivity index (χ2v) is 7.56. The van der Waals surface area contributed by atoms with Crippen LogP contribution < -0.4 is 5.32 Å². The van der Waals surface area contributed by atoms with Gasteiger partial charge in [-0.1, -0.05) is 0 Å². The third-order valence-electron chi connectivity index (χ3n) is 5.18. The summed E-state index contributed by atoms with van der Waals surface area (Å²) in [4.78, 5) is 32.3. The number of amides is 2. The van der Waals surface area contributed by atoms with E-state index >= 15 is 0 Å². The molecule has 1 N–H and O–H groups in total. The Kier molecular flexibility index (Phi) is 4.24. The molecule has 1 saturated heterocycles. The maximum absolute atomic E-state index is 12.8. The van der Waals surface area contributed by atoms with Gasteiger partial charge in [0.15, 0.2) is 0 Å². The molecule has 2 aliphatic rings. The van der Waals surface area contributed by atoms with Crippen LogP contribution in [0, 0.1) is 0 Å². The molecule has 6 nitrogen and oxygen atoms in total. The molecule has 130 valence electrons. The zero-order valence-corrected chi connectivity index (χ0v) is 14.9. The van der Waals surface area contributed by atoms with Gasteiger partial charge in [-0.3, -0.25) is 9.59 Å². The van der Waals surface area contributed by atoms with E-state index in [2.05, 4.69) is 24.1 Å². The predicted molar refractivity (Wildman–Crippen MR) is 93.0 cm³/mol. The average Bonchev–Trinajstić information content (AvgIpc) is 3.01. The van der Waals surface area contributed by atoms with Gasteiger partial charge in [0.05, 0.1) is 11.6 Å². The summed E-state index contributed by atoms with van der Waals surface area (Å²) in [6.07, 6.45) is 4.45. The lowest BCUT2D eigenvalue weighted by Crippen LogP contribution is -2.39. The standard InChI is InChI=1S/C18H26N4O2/c1-12(23)21(4)15-6-8-22(11-15)17(24)14-9-13-5-7-18(2,3)20-16(13)19-10-14/h9-10,15H,5-8,11H2,1-4H3,(H,19,20)/t15-/m0/s1. The van der Waals surface area contributed by atoms with Crippen molar-refractivity contribution in [3.8, 4) is 0 Å². The zero-order chi connectivity index (χ0) is 17.5. The number of hydrogen-bond donors (Lipinski definition) is 1. The smallest absolute Gasteiger partial charge is 0.255 e. The third kappa shape index (κ3) is 3.23. The van der Waals surface area contributed by atoms with Crippen molar-refractivity contribution >= 4 is 17.6 Å². The van der Waals surface area contributed by atoms with Crippen molar-refractivity contribution in [2.75, 3.05) is 25.5 Å².